The monoisotopic (exact) mass is 273 g/mol. The quantitative estimate of drug-likeness (QED) is 0.854. The molecule has 1 aromatic heterocycles. The van der Waals surface area contributed by atoms with Gasteiger partial charge in [-0.05, 0) is 30.7 Å². The SMILES string of the molecule is CCC1CN(c2ccc(N)c3ncccc23)CCS1. The molecule has 0 saturated carbocycles. The van der Waals surface area contributed by atoms with Crippen LogP contribution in [0.15, 0.2) is 30.5 Å². The summed E-state index contributed by atoms with van der Waals surface area (Å²) in [7, 11) is 0. The van der Waals surface area contributed by atoms with Gasteiger partial charge in [0.25, 0.3) is 0 Å². The normalized spacial score (nSPS) is 19.8. The standard InChI is InChI=1S/C15H19N3S/c1-2-11-10-18(8-9-19-11)14-6-5-13(16)15-12(14)4-3-7-17-15/h3-7,11H,2,8-10,16H2,1H3. The van der Waals surface area contributed by atoms with Crippen molar-refractivity contribution in [1.82, 2.24) is 4.98 Å². The molecule has 1 unspecified atom stereocenters. The minimum atomic E-state index is 0.734. The lowest BCUT2D eigenvalue weighted by Crippen LogP contribution is -2.37. The summed E-state index contributed by atoms with van der Waals surface area (Å²) in [6, 6.07) is 8.23. The van der Waals surface area contributed by atoms with Gasteiger partial charge in [0.1, 0.15) is 0 Å². The second-order valence-electron chi connectivity index (χ2n) is 4.92. The molecule has 1 aliphatic heterocycles. The van der Waals surface area contributed by atoms with Gasteiger partial charge in [-0.1, -0.05) is 6.92 Å². The lowest BCUT2D eigenvalue weighted by molar-refractivity contribution is 0.730. The van der Waals surface area contributed by atoms with Crippen molar-refractivity contribution in [1.29, 1.82) is 0 Å². The van der Waals surface area contributed by atoms with Gasteiger partial charge in [-0.15, -0.1) is 0 Å². The van der Waals surface area contributed by atoms with Crippen LogP contribution in [0.2, 0.25) is 0 Å². The molecule has 0 spiro atoms. The van der Waals surface area contributed by atoms with Gasteiger partial charge in [0, 0.05) is 41.4 Å². The fourth-order valence-electron chi connectivity index (χ4n) is 2.64. The molecule has 1 saturated heterocycles. The number of fused-ring (bicyclic) bond motifs is 1. The third kappa shape index (κ3) is 2.37. The number of nitrogens with two attached hydrogens (primary N) is 1. The lowest BCUT2D eigenvalue weighted by Gasteiger charge is -2.34. The van der Waals surface area contributed by atoms with Crippen LogP contribution in [-0.4, -0.2) is 29.1 Å². The maximum atomic E-state index is 6.02. The molecule has 2 heterocycles. The number of nitrogen functional groups attached to an aromatic ring is 1. The molecular weight excluding hydrogens is 254 g/mol. The van der Waals surface area contributed by atoms with Crippen molar-refractivity contribution in [3.8, 4) is 0 Å². The number of benzene rings is 1. The van der Waals surface area contributed by atoms with Gasteiger partial charge in [-0.25, -0.2) is 0 Å². The van der Waals surface area contributed by atoms with Crippen LogP contribution in [0.4, 0.5) is 11.4 Å². The van der Waals surface area contributed by atoms with E-state index in [0.29, 0.717) is 0 Å². The Hall–Kier alpha value is -1.42. The molecule has 4 heteroatoms. The number of pyridine rings is 1. The van der Waals surface area contributed by atoms with Crippen molar-refractivity contribution in [2.24, 2.45) is 0 Å². The first-order chi connectivity index (χ1) is 9.29. The highest BCUT2D eigenvalue weighted by molar-refractivity contribution is 8.00. The van der Waals surface area contributed by atoms with Crippen LogP contribution < -0.4 is 10.6 Å². The first-order valence-electron chi connectivity index (χ1n) is 6.79. The van der Waals surface area contributed by atoms with Crippen LogP contribution >= 0.6 is 11.8 Å². The van der Waals surface area contributed by atoms with Crippen molar-refractivity contribution >= 4 is 34.0 Å². The van der Waals surface area contributed by atoms with Crippen LogP contribution in [0.1, 0.15) is 13.3 Å². The zero-order valence-corrected chi connectivity index (χ0v) is 12.0. The number of anilines is 2. The Kier molecular flexibility index (Phi) is 3.51. The van der Waals surface area contributed by atoms with Gasteiger partial charge in [-0.3, -0.25) is 4.98 Å². The predicted octanol–water partition coefficient (Wildman–Crippen LogP) is 3.15. The van der Waals surface area contributed by atoms with Crippen molar-refractivity contribution < 1.29 is 0 Å². The van der Waals surface area contributed by atoms with Crippen molar-refractivity contribution in [2.75, 3.05) is 29.5 Å². The summed E-state index contributed by atoms with van der Waals surface area (Å²) in [5, 5.41) is 1.90. The van der Waals surface area contributed by atoms with Gasteiger partial charge in [0.05, 0.1) is 11.2 Å². The van der Waals surface area contributed by atoms with Crippen LogP contribution in [0.25, 0.3) is 10.9 Å². The highest BCUT2D eigenvalue weighted by Crippen LogP contribution is 2.32. The number of nitrogens with zero attached hydrogens (tertiary/aromatic N) is 2. The van der Waals surface area contributed by atoms with Gasteiger partial charge in [-0.2, -0.15) is 11.8 Å². The van der Waals surface area contributed by atoms with Crippen molar-refractivity contribution in [3.05, 3.63) is 30.5 Å². The summed E-state index contributed by atoms with van der Waals surface area (Å²) in [5.74, 6) is 1.20. The number of hydrogen-bond donors (Lipinski definition) is 1. The van der Waals surface area contributed by atoms with E-state index in [2.05, 4.69) is 40.7 Å². The number of aromatic nitrogens is 1. The Morgan fingerprint density at radius 3 is 3.16 bits per heavy atom. The van der Waals surface area contributed by atoms with E-state index in [4.69, 9.17) is 5.73 Å². The molecule has 0 radical (unpaired) electrons. The smallest absolute Gasteiger partial charge is 0.0951 e. The molecule has 1 aliphatic rings. The summed E-state index contributed by atoms with van der Waals surface area (Å²) in [6.45, 7) is 4.49. The molecule has 1 fully saturated rings. The summed E-state index contributed by atoms with van der Waals surface area (Å²) in [5.41, 5.74) is 8.98. The molecule has 0 aliphatic carbocycles. The minimum absolute atomic E-state index is 0.734. The number of thioether (sulfide) groups is 1. The zero-order valence-electron chi connectivity index (χ0n) is 11.2. The van der Waals surface area contributed by atoms with Crippen LogP contribution in [-0.2, 0) is 0 Å². The molecule has 2 aromatic rings. The first kappa shape index (κ1) is 12.6. The van der Waals surface area contributed by atoms with Crippen LogP contribution in [0.3, 0.4) is 0 Å². The molecular formula is C15H19N3S. The Balaban J connectivity index is 2.03. The van der Waals surface area contributed by atoms with E-state index in [-0.39, 0.29) is 0 Å². The fourth-order valence-corrected chi connectivity index (χ4v) is 3.82. The molecule has 2 N–H and O–H groups in total. The molecule has 0 amide bonds. The average molecular weight is 273 g/mol. The molecule has 3 nitrogen and oxygen atoms in total. The van der Waals surface area contributed by atoms with E-state index in [1.54, 1.807) is 0 Å². The lowest BCUT2D eigenvalue weighted by atomic mass is 10.1. The van der Waals surface area contributed by atoms with Gasteiger partial charge in [0.2, 0.25) is 0 Å². The molecule has 0 bridgehead atoms. The molecule has 3 rings (SSSR count). The van der Waals surface area contributed by atoms with E-state index in [1.165, 1.54) is 23.2 Å². The maximum absolute atomic E-state index is 6.02. The first-order valence-corrected chi connectivity index (χ1v) is 7.84. The fraction of sp³-hybridized carbons (Fsp3) is 0.400. The molecule has 1 aromatic carbocycles. The second kappa shape index (κ2) is 5.29. The van der Waals surface area contributed by atoms with E-state index in [9.17, 15) is 0 Å². The third-order valence-electron chi connectivity index (χ3n) is 3.71. The summed E-state index contributed by atoms with van der Waals surface area (Å²) in [6.07, 6.45) is 3.04. The Morgan fingerprint density at radius 2 is 2.32 bits per heavy atom. The minimum Gasteiger partial charge on any atom is -0.397 e. The molecule has 100 valence electrons. The van der Waals surface area contributed by atoms with E-state index < -0.39 is 0 Å². The van der Waals surface area contributed by atoms with E-state index in [1.807, 2.05) is 18.3 Å². The molecule has 19 heavy (non-hydrogen) atoms. The maximum Gasteiger partial charge on any atom is 0.0951 e. The van der Waals surface area contributed by atoms with Gasteiger partial charge in [0.15, 0.2) is 0 Å². The predicted molar refractivity (Wildman–Crippen MR) is 84.9 cm³/mol. The third-order valence-corrected chi connectivity index (χ3v) is 5.08. The van der Waals surface area contributed by atoms with Gasteiger partial charge < -0.3 is 10.6 Å². The van der Waals surface area contributed by atoms with Crippen molar-refractivity contribution in [3.63, 3.8) is 0 Å². The summed E-state index contributed by atoms with van der Waals surface area (Å²) >= 11 is 2.09. The summed E-state index contributed by atoms with van der Waals surface area (Å²) in [4.78, 5) is 6.90. The Bertz CT molecular complexity index is 585. The van der Waals surface area contributed by atoms with Gasteiger partial charge >= 0.3 is 0 Å². The van der Waals surface area contributed by atoms with Crippen LogP contribution in [0, 0.1) is 0 Å². The topological polar surface area (TPSA) is 42.1 Å². The van der Waals surface area contributed by atoms with E-state index in [0.717, 1.165) is 29.5 Å². The molecule has 1 atom stereocenters. The van der Waals surface area contributed by atoms with E-state index >= 15 is 0 Å². The zero-order chi connectivity index (χ0) is 13.2. The second-order valence-corrected chi connectivity index (χ2v) is 6.33. The highest BCUT2D eigenvalue weighted by Gasteiger charge is 2.20. The Labute approximate surface area is 118 Å². The Morgan fingerprint density at radius 1 is 1.42 bits per heavy atom. The number of hydrogen-bond acceptors (Lipinski definition) is 4. The average Bonchev–Trinajstić information content (AvgIpc) is 2.48. The van der Waals surface area contributed by atoms with Crippen LogP contribution in [0.5, 0.6) is 0 Å². The largest absolute Gasteiger partial charge is 0.397 e. The highest BCUT2D eigenvalue weighted by atomic mass is 32.2. The van der Waals surface area contributed by atoms with Crippen molar-refractivity contribution in [2.45, 2.75) is 18.6 Å². The summed E-state index contributed by atoms with van der Waals surface area (Å²) < 4.78 is 0. The number of rotatable bonds is 2.